The van der Waals surface area contributed by atoms with Gasteiger partial charge in [-0.1, -0.05) is 69.5 Å². The number of rotatable bonds is 2. The molecule has 0 amide bonds. The lowest BCUT2D eigenvalue weighted by Crippen LogP contribution is -2.23. The fraction of sp³-hybridized carbons (Fsp3) is 0.143. The number of halogens is 3. The summed E-state index contributed by atoms with van der Waals surface area (Å²) in [6.45, 7) is 1.70. The molecule has 0 radical (unpaired) electrons. The molecule has 0 aromatic heterocycles. The van der Waals surface area contributed by atoms with Crippen LogP contribution in [0.5, 0.6) is 0 Å². The van der Waals surface area contributed by atoms with Crippen molar-refractivity contribution in [2.24, 2.45) is 0 Å². The lowest BCUT2D eigenvalue weighted by molar-refractivity contribution is 0.102. The van der Waals surface area contributed by atoms with Gasteiger partial charge >= 0.3 is 0 Å². The van der Waals surface area contributed by atoms with Crippen LogP contribution >= 0.6 is 39.1 Å². The third-order valence-corrected chi connectivity index (χ3v) is 4.38. The molecule has 94 valence electrons. The van der Waals surface area contributed by atoms with Crippen LogP contribution in [0.3, 0.4) is 0 Å². The van der Waals surface area contributed by atoms with E-state index in [9.17, 15) is 5.11 Å². The van der Waals surface area contributed by atoms with E-state index in [1.165, 1.54) is 0 Å². The van der Waals surface area contributed by atoms with Crippen LogP contribution in [0.2, 0.25) is 10.0 Å². The maximum Gasteiger partial charge on any atom is 0.114 e. The highest BCUT2D eigenvalue weighted by atomic mass is 79.9. The van der Waals surface area contributed by atoms with Gasteiger partial charge in [0.05, 0.1) is 10.0 Å². The van der Waals surface area contributed by atoms with E-state index in [0.717, 1.165) is 10.0 Å². The van der Waals surface area contributed by atoms with Crippen LogP contribution in [-0.4, -0.2) is 5.11 Å². The first-order valence-corrected chi connectivity index (χ1v) is 6.91. The summed E-state index contributed by atoms with van der Waals surface area (Å²) >= 11 is 15.6. The van der Waals surface area contributed by atoms with Crippen LogP contribution in [0.1, 0.15) is 18.1 Å². The molecule has 2 rings (SSSR count). The average Bonchev–Trinajstić information content (AvgIpc) is 2.32. The Morgan fingerprint density at radius 3 is 2.28 bits per heavy atom. The van der Waals surface area contributed by atoms with Gasteiger partial charge in [-0.15, -0.1) is 0 Å². The minimum Gasteiger partial charge on any atom is -0.381 e. The minimum absolute atomic E-state index is 0.375. The van der Waals surface area contributed by atoms with Crippen molar-refractivity contribution >= 4 is 39.1 Å². The largest absolute Gasteiger partial charge is 0.381 e. The first-order valence-electron chi connectivity index (χ1n) is 5.36. The number of benzene rings is 2. The van der Waals surface area contributed by atoms with Crippen molar-refractivity contribution in [1.29, 1.82) is 0 Å². The summed E-state index contributed by atoms with van der Waals surface area (Å²) in [6, 6.07) is 12.7. The number of hydrogen-bond acceptors (Lipinski definition) is 1. The van der Waals surface area contributed by atoms with Crippen LogP contribution in [0.25, 0.3) is 0 Å². The molecule has 0 spiro atoms. The maximum absolute atomic E-state index is 10.8. The quantitative estimate of drug-likeness (QED) is 0.810. The number of aliphatic hydroxyl groups is 1. The first kappa shape index (κ1) is 13.9. The molecule has 1 N–H and O–H groups in total. The van der Waals surface area contributed by atoms with Gasteiger partial charge in [0, 0.05) is 15.6 Å². The normalized spacial score (nSPS) is 14.3. The van der Waals surface area contributed by atoms with Gasteiger partial charge in [-0.05, 0) is 19.1 Å². The minimum atomic E-state index is -1.21. The second-order valence-corrected chi connectivity index (χ2v) is 5.79. The van der Waals surface area contributed by atoms with Gasteiger partial charge in [-0.2, -0.15) is 0 Å². The van der Waals surface area contributed by atoms with Gasteiger partial charge in [0.25, 0.3) is 0 Å². The molecular formula is C14H11BrCl2O. The molecule has 1 unspecified atom stereocenters. The van der Waals surface area contributed by atoms with E-state index in [4.69, 9.17) is 23.2 Å². The van der Waals surface area contributed by atoms with Crippen LogP contribution in [0.4, 0.5) is 0 Å². The summed E-state index contributed by atoms with van der Waals surface area (Å²) in [4.78, 5) is 0. The van der Waals surface area contributed by atoms with Gasteiger partial charge in [-0.25, -0.2) is 0 Å². The van der Waals surface area contributed by atoms with Crippen molar-refractivity contribution in [3.63, 3.8) is 0 Å². The highest BCUT2D eigenvalue weighted by Crippen LogP contribution is 2.39. The van der Waals surface area contributed by atoms with Crippen molar-refractivity contribution in [1.82, 2.24) is 0 Å². The molecule has 0 aliphatic rings. The summed E-state index contributed by atoms with van der Waals surface area (Å²) in [5, 5.41) is 11.6. The van der Waals surface area contributed by atoms with Crippen molar-refractivity contribution in [2.45, 2.75) is 12.5 Å². The molecule has 0 saturated carbocycles. The Morgan fingerprint density at radius 2 is 1.61 bits per heavy atom. The van der Waals surface area contributed by atoms with Crippen LogP contribution in [0, 0.1) is 0 Å². The highest BCUT2D eigenvalue weighted by Gasteiger charge is 2.30. The monoisotopic (exact) mass is 344 g/mol. The first-order chi connectivity index (χ1) is 8.44. The molecule has 4 heteroatoms. The summed E-state index contributed by atoms with van der Waals surface area (Å²) < 4.78 is 0.825. The molecule has 0 heterocycles. The Morgan fingerprint density at radius 1 is 1.00 bits per heavy atom. The molecule has 2 aromatic rings. The lowest BCUT2D eigenvalue weighted by atomic mass is 9.88. The number of hydrogen-bond donors (Lipinski definition) is 1. The highest BCUT2D eigenvalue weighted by molar-refractivity contribution is 9.10. The topological polar surface area (TPSA) is 20.2 Å². The van der Waals surface area contributed by atoms with Gasteiger partial charge in [0.15, 0.2) is 0 Å². The average molecular weight is 346 g/mol. The van der Waals surface area contributed by atoms with Crippen molar-refractivity contribution < 1.29 is 5.11 Å². The Hall–Kier alpha value is -0.540. The standard InChI is InChI=1S/C14H11BrCl2O/c1-14(18,9-5-2-3-7-11(9)15)10-6-4-8-12(16)13(10)17/h2-8,18H,1H3. The second-order valence-electron chi connectivity index (χ2n) is 4.15. The van der Waals surface area contributed by atoms with E-state index in [0.29, 0.717) is 15.6 Å². The summed E-state index contributed by atoms with van der Waals surface area (Å²) in [5.74, 6) is 0. The zero-order valence-corrected chi connectivity index (χ0v) is 12.7. The molecule has 2 aromatic carbocycles. The van der Waals surface area contributed by atoms with Crippen molar-refractivity contribution in [3.8, 4) is 0 Å². The predicted molar refractivity (Wildman–Crippen MR) is 79.3 cm³/mol. The SMILES string of the molecule is CC(O)(c1ccccc1Br)c1cccc(Cl)c1Cl. The van der Waals surface area contributed by atoms with E-state index in [-0.39, 0.29) is 0 Å². The van der Waals surface area contributed by atoms with Crippen LogP contribution in [-0.2, 0) is 5.60 Å². The van der Waals surface area contributed by atoms with Gasteiger partial charge in [-0.3, -0.25) is 0 Å². The lowest BCUT2D eigenvalue weighted by Gasteiger charge is -2.27. The van der Waals surface area contributed by atoms with Gasteiger partial charge in [0.1, 0.15) is 5.60 Å². The maximum atomic E-state index is 10.8. The predicted octanol–water partition coefficient (Wildman–Crippen LogP) is 5.01. The van der Waals surface area contributed by atoms with Crippen LogP contribution < -0.4 is 0 Å². The Bertz CT molecular complexity index is 582. The van der Waals surface area contributed by atoms with E-state index in [1.807, 2.05) is 24.3 Å². The molecule has 18 heavy (non-hydrogen) atoms. The molecule has 0 aliphatic heterocycles. The summed E-state index contributed by atoms with van der Waals surface area (Å²) in [6.07, 6.45) is 0. The summed E-state index contributed by atoms with van der Waals surface area (Å²) in [5.41, 5.74) is 0.125. The van der Waals surface area contributed by atoms with E-state index >= 15 is 0 Å². The van der Waals surface area contributed by atoms with Gasteiger partial charge in [0.2, 0.25) is 0 Å². The molecule has 0 aliphatic carbocycles. The van der Waals surface area contributed by atoms with Crippen molar-refractivity contribution in [2.75, 3.05) is 0 Å². The molecule has 0 fully saturated rings. The summed E-state index contributed by atoms with van der Waals surface area (Å²) in [7, 11) is 0. The Balaban J connectivity index is 2.62. The zero-order chi connectivity index (χ0) is 13.3. The molecule has 1 nitrogen and oxygen atoms in total. The Kier molecular flexibility index (Phi) is 4.02. The van der Waals surface area contributed by atoms with Crippen molar-refractivity contribution in [3.05, 3.63) is 68.1 Å². The van der Waals surface area contributed by atoms with E-state index < -0.39 is 5.60 Å². The van der Waals surface area contributed by atoms with E-state index in [1.54, 1.807) is 25.1 Å². The molecule has 0 bridgehead atoms. The van der Waals surface area contributed by atoms with Gasteiger partial charge < -0.3 is 5.11 Å². The molecular weight excluding hydrogens is 335 g/mol. The molecule has 0 saturated heterocycles. The Labute approximate surface area is 124 Å². The fourth-order valence-electron chi connectivity index (χ4n) is 1.88. The fourth-order valence-corrected chi connectivity index (χ4v) is 3.04. The molecule has 1 atom stereocenters. The third kappa shape index (κ3) is 2.43. The third-order valence-electron chi connectivity index (χ3n) is 2.87. The smallest absolute Gasteiger partial charge is 0.114 e. The zero-order valence-electron chi connectivity index (χ0n) is 9.62. The second kappa shape index (κ2) is 5.22. The van der Waals surface area contributed by atoms with E-state index in [2.05, 4.69) is 15.9 Å². The van der Waals surface area contributed by atoms with Crippen LogP contribution in [0.15, 0.2) is 46.9 Å².